The van der Waals surface area contributed by atoms with Crippen molar-refractivity contribution in [2.45, 2.75) is 9.48 Å². The monoisotopic (exact) mass is 419 g/mol. The number of nitrogens with one attached hydrogen (secondary N) is 1. The lowest BCUT2D eigenvalue weighted by molar-refractivity contribution is -0.124. The van der Waals surface area contributed by atoms with E-state index in [0.29, 0.717) is 16.7 Å². The van der Waals surface area contributed by atoms with Crippen LogP contribution in [0.3, 0.4) is 0 Å². The predicted octanol–water partition coefficient (Wildman–Crippen LogP) is 4.23. The van der Waals surface area contributed by atoms with Gasteiger partial charge in [0.2, 0.25) is 0 Å². The van der Waals surface area contributed by atoms with Crippen molar-refractivity contribution in [1.82, 2.24) is 5.32 Å². The molecule has 0 aliphatic carbocycles. The molecule has 142 valence electrons. The molecule has 4 nitrogen and oxygen atoms in total. The van der Waals surface area contributed by atoms with Crippen molar-refractivity contribution in [3.8, 4) is 0 Å². The third-order valence-electron chi connectivity index (χ3n) is 3.81. The second-order valence-corrected chi connectivity index (χ2v) is 9.68. The lowest BCUT2D eigenvalue weighted by Gasteiger charge is -2.09. The van der Waals surface area contributed by atoms with E-state index >= 15 is 0 Å². The van der Waals surface area contributed by atoms with Gasteiger partial charge in [-0.1, -0.05) is 30.3 Å². The maximum atomic E-state index is 12.1. The molecular formula is C20H21NO3S3. The Morgan fingerprint density at radius 1 is 1.04 bits per heavy atom. The largest absolute Gasteiger partial charge is 0.452 e. The highest BCUT2D eigenvalue weighted by atomic mass is 32.2. The number of rotatable bonds is 8. The third-order valence-corrected chi connectivity index (χ3v) is 7.93. The maximum absolute atomic E-state index is 12.1. The summed E-state index contributed by atoms with van der Waals surface area (Å²) in [5, 5.41) is 2.76. The molecule has 27 heavy (non-hydrogen) atoms. The van der Waals surface area contributed by atoms with Gasteiger partial charge in [0.25, 0.3) is 5.91 Å². The van der Waals surface area contributed by atoms with Gasteiger partial charge < -0.3 is 10.1 Å². The Morgan fingerprint density at radius 3 is 2.44 bits per heavy atom. The van der Waals surface area contributed by atoms with Crippen LogP contribution in [0.15, 0.2) is 59.5 Å². The van der Waals surface area contributed by atoms with E-state index in [1.807, 2.05) is 66.0 Å². The van der Waals surface area contributed by atoms with Gasteiger partial charge in [0.1, 0.15) is 0 Å². The number of carbonyl (C=O) groups is 2. The van der Waals surface area contributed by atoms with E-state index in [1.165, 1.54) is 5.56 Å². The first-order valence-corrected chi connectivity index (χ1v) is 11.8. The number of amides is 1. The Bertz CT molecular complexity index is 747. The molecule has 0 atom stereocenters. The molecule has 1 saturated heterocycles. The second-order valence-electron chi connectivity index (χ2n) is 5.78. The van der Waals surface area contributed by atoms with Crippen molar-refractivity contribution in [3.05, 3.63) is 65.7 Å². The summed E-state index contributed by atoms with van der Waals surface area (Å²) in [6.45, 7) is 0.270. The van der Waals surface area contributed by atoms with Crippen LogP contribution < -0.4 is 5.32 Å². The zero-order chi connectivity index (χ0) is 18.9. The van der Waals surface area contributed by atoms with Crippen molar-refractivity contribution < 1.29 is 14.3 Å². The predicted molar refractivity (Wildman–Crippen MR) is 115 cm³/mol. The van der Waals surface area contributed by atoms with Crippen molar-refractivity contribution in [1.29, 1.82) is 0 Å². The molecule has 0 radical (unpaired) electrons. The molecule has 1 amide bonds. The van der Waals surface area contributed by atoms with Crippen LogP contribution >= 0.6 is 35.3 Å². The van der Waals surface area contributed by atoms with Crippen LogP contribution in [0.5, 0.6) is 0 Å². The summed E-state index contributed by atoms with van der Waals surface area (Å²) >= 11 is 5.52. The Morgan fingerprint density at radius 2 is 1.74 bits per heavy atom. The van der Waals surface area contributed by atoms with Crippen LogP contribution in [-0.4, -0.2) is 42.3 Å². The first-order chi connectivity index (χ1) is 13.2. The van der Waals surface area contributed by atoms with Gasteiger partial charge in [0, 0.05) is 28.7 Å². The highest BCUT2D eigenvalue weighted by Gasteiger charge is 2.18. The quantitative estimate of drug-likeness (QED) is 0.393. The first-order valence-electron chi connectivity index (χ1n) is 8.67. The van der Waals surface area contributed by atoms with E-state index in [0.717, 1.165) is 22.2 Å². The van der Waals surface area contributed by atoms with Crippen LogP contribution in [0.2, 0.25) is 0 Å². The molecule has 0 bridgehead atoms. The number of ether oxygens (including phenoxy) is 1. The Labute approximate surface area is 172 Å². The summed E-state index contributed by atoms with van der Waals surface area (Å²) in [5.41, 5.74) is 1.69. The van der Waals surface area contributed by atoms with Crippen molar-refractivity contribution >= 4 is 47.2 Å². The fourth-order valence-electron chi connectivity index (χ4n) is 2.47. The summed E-state index contributed by atoms with van der Waals surface area (Å²) in [7, 11) is 0. The molecule has 1 aliphatic rings. The van der Waals surface area contributed by atoms with Gasteiger partial charge >= 0.3 is 5.97 Å². The summed E-state index contributed by atoms with van der Waals surface area (Å²) in [5.74, 6) is 2.34. The highest BCUT2D eigenvalue weighted by molar-refractivity contribution is 8.19. The van der Waals surface area contributed by atoms with Gasteiger partial charge in [0.15, 0.2) is 6.61 Å². The summed E-state index contributed by atoms with van der Waals surface area (Å²) in [6.07, 6.45) is 0. The third kappa shape index (κ3) is 6.52. The van der Waals surface area contributed by atoms with E-state index in [4.69, 9.17) is 4.74 Å². The van der Waals surface area contributed by atoms with E-state index in [1.54, 1.807) is 23.9 Å². The van der Waals surface area contributed by atoms with Gasteiger partial charge in [0.05, 0.1) is 10.1 Å². The first kappa shape index (κ1) is 20.2. The SMILES string of the molecule is O=C(COC(=O)c1ccc(C2SCCS2)cc1)NCCSc1ccccc1. The molecule has 0 aromatic heterocycles. The van der Waals surface area contributed by atoms with Gasteiger partial charge in [-0.05, 0) is 29.8 Å². The van der Waals surface area contributed by atoms with Crippen LogP contribution in [0.4, 0.5) is 0 Å². The zero-order valence-electron chi connectivity index (χ0n) is 14.8. The number of carbonyl (C=O) groups excluding carboxylic acids is 2. The number of benzene rings is 2. The Balaban J connectivity index is 1.35. The molecule has 0 saturated carbocycles. The summed E-state index contributed by atoms with van der Waals surface area (Å²) in [4.78, 5) is 25.1. The number of thioether (sulfide) groups is 3. The molecule has 0 spiro atoms. The van der Waals surface area contributed by atoms with Gasteiger partial charge in [-0.15, -0.1) is 35.3 Å². The van der Waals surface area contributed by atoms with E-state index in [-0.39, 0.29) is 12.5 Å². The average Bonchev–Trinajstić information content (AvgIpc) is 3.25. The molecular weight excluding hydrogens is 398 g/mol. The molecule has 0 unspecified atom stereocenters. The minimum Gasteiger partial charge on any atom is -0.452 e. The molecule has 1 N–H and O–H groups in total. The topological polar surface area (TPSA) is 55.4 Å². The van der Waals surface area contributed by atoms with Gasteiger partial charge in [-0.3, -0.25) is 4.79 Å². The summed E-state index contributed by atoms with van der Waals surface area (Å²) < 4.78 is 5.56. The van der Waals surface area contributed by atoms with E-state index in [2.05, 4.69) is 5.32 Å². The Kier molecular flexibility index (Phi) is 7.98. The van der Waals surface area contributed by atoms with Crippen molar-refractivity contribution in [2.75, 3.05) is 30.4 Å². The van der Waals surface area contributed by atoms with Crippen LogP contribution in [0, 0.1) is 0 Å². The molecule has 7 heteroatoms. The molecule has 2 aromatic carbocycles. The normalized spacial score (nSPS) is 14.1. The zero-order valence-corrected chi connectivity index (χ0v) is 17.2. The molecule has 2 aromatic rings. The smallest absolute Gasteiger partial charge is 0.338 e. The van der Waals surface area contributed by atoms with Crippen LogP contribution in [0.1, 0.15) is 20.5 Å². The number of hydrogen-bond acceptors (Lipinski definition) is 6. The van der Waals surface area contributed by atoms with E-state index in [9.17, 15) is 9.59 Å². The minimum atomic E-state index is -0.470. The van der Waals surface area contributed by atoms with Crippen LogP contribution in [0.25, 0.3) is 0 Å². The lowest BCUT2D eigenvalue weighted by atomic mass is 10.1. The highest BCUT2D eigenvalue weighted by Crippen LogP contribution is 2.45. The van der Waals surface area contributed by atoms with Gasteiger partial charge in [-0.25, -0.2) is 4.79 Å². The summed E-state index contributed by atoms with van der Waals surface area (Å²) in [6, 6.07) is 17.5. The fraction of sp³-hybridized carbons (Fsp3) is 0.300. The number of esters is 1. The fourth-order valence-corrected chi connectivity index (χ4v) is 6.12. The Hall–Kier alpha value is -1.57. The molecule has 1 aliphatic heterocycles. The lowest BCUT2D eigenvalue weighted by Crippen LogP contribution is -2.30. The van der Waals surface area contributed by atoms with E-state index < -0.39 is 5.97 Å². The number of hydrogen-bond donors (Lipinski definition) is 1. The maximum Gasteiger partial charge on any atom is 0.338 e. The molecule has 1 fully saturated rings. The van der Waals surface area contributed by atoms with Crippen molar-refractivity contribution in [2.24, 2.45) is 0 Å². The second kappa shape index (κ2) is 10.7. The van der Waals surface area contributed by atoms with Crippen molar-refractivity contribution in [3.63, 3.8) is 0 Å². The minimum absolute atomic E-state index is 0.259. The van der Waals surface area contributed by atoms with Crippen LogP contribution in [-0.2, 0) is 9.53 Å². The molecule has 1 heterocycles. The molecule has 3 rings (SSSR count). The van der Waals surface area contributed by atoms with Gasteiger partial charge in [-0.2, -0.15) is 0 Å². The standard InChI is InChI=1S/C20H21NO3S3/c22-18(21-10-11-25-17-4-2-1-3-5-17)14-24-19(23)15-6-8-16(9-7-15)20-26-12-13-27-20/h1-9,20H,10-14H2,(H,21,22). The average molecular weight is 420 g/mol.